The molecule has 17 heavy (non-hydrogen) atoms. The Balaban J connectivity index is 2.04. The summed E-state index contributed by atoms with van der Waals surface area (Å²) in [5.74, 6) is -0.291. The molecule has 1 aromatic rings. The molecule has 1 aliphatic rings. The Morgan fingerprint density at radius 3 is 2.76 bits per heavy atom. The molecule has 1 aliphatic carbocycles. The van der Waals surface area contributed by atoms with E-state index in [0.717, 1.165) is 19.0 Å². The maximum Gasteiger partial charge on any atom is 0.224 e. The number of aromatic nitrogens is 2. The number of rotatable bonds is 4. The molecule has 0 spiro atoms. The molecule has 0 bridgehead atoms. The zero-order valence-corrected chi connectivity index (χ0v) is 10.8. The molecule has 0 amide bonds. The van der Waals surface area contributed by atoms with Gasteiger partial charge in [-0.05, 0) is 45.0 Å². The normalized spacial score (nSPS) is 17.9. The van der Waals surface area contributed by atoms with Crippen molar-refractivity contribution < 1.29 is 4.39 Å². The van der Waals surface area contributed by atoms with Gasteiger partial charge in [0.2, 0.25) is 5.28 Å². The number of anilines is 1. The fraction of sp³-hybridized carbons (Fsp3) is 0.636. The molecule has 1 saturated carbocycles. The molecular formula is C11H16ClFN4. The fourth-order valence-electron chi connectivity index (χ4n) is 2.08. The van der Waals surface area contributed by atoms with Crippen molar-refractivity contribution in [2.45, 2.75) is 24.8 Å². The van der Waals surface area contributed by atoms with Crippen molar-refractivity contribution in [2.75, 3.05) is 26.0 Å². The van der Waals surface area contributed by atoms with Crippen LogP contribution in [0.5, 0.6) is 0 Å². The summed E-state index contributed by atoms with van der Waals surface area (Å²) in [6.07, 6.45) is 4.54. The molecule has 1 fully saturated rings. The molecule has 94 valence electrons. The van der Waals surface area contributed by atoms with Crippen molar-refractivity contribution in [1.29, 1.82) is 0 Å². The van der Waals surface area contributed by atoms with Gasteiger partial charge >= 0.3 is 0 Å². The van der Waals surface area contributed by atoms with Crippen LogP contribution in [-0.2, 0) is 0 Å². The van der Waals surface area contributed by atoms with Crippen LogP contribution in [0.1, 0.15) is 19.3 Å². The highest BCUT2D eigenvalue weighted by Crippen LogP contribution is 2.36. The minimum absolute atomic E-state index is 0.0569. The summed E-state index contributed by atoms with van der Waals surface area (Å²) in [7, 11) is 4.09. The number of halogens is 2. The Labute approximate surface area is 105 Å². The van der Waals surface area contributed by atoms with Crippen molar-refractivity contribution in [2.24, 2.45) is 0 Å². The second kappa shape index (κ2) is 4.74. The Bertz CT molecular complexity index is 406. The standard InChI is InChI=1S/C11H16ClFN4/c1-17(2)11(4-3-5-11)7-15-9-8(13)6-14-10(12)16-9/h6H,3-5,7H2,1-2H3,(H,14,15,16). The molecule has 0 aliphatic heterocycles. The first kappa shape index (κ1) is 12.5. The van der Waals surface area contributed by atoms with Gasteiger partial charge < -0.3 is 10.2 Å². The summed E-state index contributed by atoms with van der Waals surface area (Å²) in [6, 6.07) is 0. The smallest absolute Gasteiger partial charge is 0.224 e. The summed E-state index contributed by atoms with van der Waals surface area (Å²) in [6.45, 7) is 0.671. The van der Waals surface area contributed by atoms with Gasteiger partial charge in [0.15, 0.2) is 11.6 Å². The highest BCUT2D eigenvalue weighted by atomic mass is 35.5. The molecule has 1 N–H and O–H groups in total. The second-order valence-corrected chi connectivity index (χ2v) is 5.00. The molecule has 0 aromatic carbocycles. The maximum atomic E-state index is 13.4. The largest absolute Gasteiger partial charge is 0.366 e. The summed E-state index contributed by atoms with van der Waals surface area (Å²) in [4.78, 5) is 9.61. The van der Waals surface area contributed by atoms with Gasteiger partial charge in [0, 0.05) is 12.1 Å². The van der Waals surface area contributed by atoms with Gasteiger partial charge in [-0.1, -0.05) is 0 Å². The quantitative estimate of drug-likeness (QED) is 0.841. The zero-order chi connectivity index (χ0) is 12.5. The first-order chi connectivity index (χ1) is 8.03. The molecule has 0 saturated heterocycles. The Kier molecular flexibility index (Phi) is 3.49. The molecule has 1 heterocycles. The lowest BCUT2D eigenvalue weighted by molar-refractivity contribution is 0.0737. The van der Waals surface area contributed by atoms with Gasteiger partial charge in [0.25, 0.3) is 0 Å². The third kappa shape index (κ3) is 2.50. The maximum absolute atomic E-state index is 13.4. The molecule has 4 nitrogen and oxygen atoms in total. The van der Waals surface area contributed by atoms with E-state index in [1.807, 2.05) is 14.1 Å². The zero-order valence-electron chi connectivity index (χ0n) is 10.0. The Morgan fingerprint density at radius 1 is 1.53 bits per heavy atom. The molecule has 1 aromatic heterocycles. The minimum Gasteiger partial charge on any atom is -0.366 e. The van der Waals surface area contributed by atoms with E-state index in [-0.39, 0.29) is 16.6 Å². The number of hydrogen-bond acceptors (Lipinski definition) is 4. The number of nitrogens with one attached hydrogen (secondary N) is 1. The van der Waals surface area contributed by atoms with Gasteiger partial charge in [-0.2, -0.15) is 4.98 Å². The van der Waals surface area contributed by atoms with Crippen LogP contribution in [0.15, 0.2) is 6.20 Å². The van der Waals surface area contributed by atoms with Crippen molar-refractivity contribution in [1.82, 2.24) is 14.9 Å². The van der Waals surface area contributed by atoms with Crippen molar-refractivity contribution in [3.63, 3.8) is 0 Å². The van der Waals surface area contributed by atoms with E-state index in [4.69, 9.17) is 11.6 Å². The van der Waals surface area contributed by atoms with Crippen molar-refractivity contribution in [3.8, 4) is 0 Å². The van der Waals surface area contributed by atoms with E-state index in [2.05, 4.69) is 20.2 Å². The second-order valence-electron chi connectivity index (χ2n) is 4.66. The molecule has 6 heteroatoms. The van der Waals surface area contributed by atoms with E-state index in [1.165, 1.54) is 6.42 Å². The lowest BCUT2D eigenvalue weighted by Gasteiger charge is -2.47. The van der Waals surface area contributed by atoms with E-state index < -0.39 is 5.82 Å². The minimum atomic E-state index is -0.470. The monoisotopic (exact) mass is 258 g/mol. The molecule has 2 rings (SSSR count). The van der Waals surface area contributed by atoms with Gasteiger partial charge in [0.05, 0.1) is 6.20 Å². The number of hydrogen-bond donors (Lipinski definition) is 1. The lowest BCUT2D eigenvalue weighted by atomic mass is 9.75. The van der Waals surface area contributed by atoms with Crippen molar-refractivity contribution in [3.05, 3.63) is 17.3 Å². The number of likely N-dealkylation sites (N-methyl/N-ethyl adjacent to an activating group) is 1. The summed E-state index contributed by atoms with van der Waals surface area (Å²) in [5, 5.41) is 3.08. The first-order valence-corrected chi connectivity index (χ1v) is 6.01. The predicted octanol–water partition coefficient (Wildman–Crippen LogP) is 2.17. The van der Waals surface area contributed by atoms with Gasteiger partial charge in [0.1, 0.15) is 0 Å². The molecule has 0 radical (unpaired) electrons. The van der Waals surface area contributed by atoms with Crippen molar-refractivity contribution >= 4 is 17.4 Å². The highest BCUT2D eigenvalue weighted by Gasteiger charge is 2.38. The SMILES string of the molecule is CN(C)C1(CNc2nc(Cl)ncc2F)CCC1. The van der Waals surface area contributed by atoms with E-state index in [1.54, 1.807) is 0 Å². The highest BCUT2D eigenvalue weighted by molar-refractivity contribution is 6.28. The summed E-state index contributed by atoms with van der Waals surface area (Å²) < 4.78 is 13.4. The molecule has 0 atom stereocenters. The van der Waals surface area contributed by atoms with Crippen LogP contribution in [0.25, 0.3) is 0 Å². The predicted molar refractivity (Wildman–Crippen MR) is 65.8 cm³/mol. The van der Waals surface area contributed by atoms with E-state index in [9.17, 15) is 4.39 Å². The summed E-state index contributed by atoms with van der Waals surface area (Å²) >= 11 is 5.64. The molecular weight excluding hydrogens is 243 g/mol. The van der Waals surface area contributed by atoms with Crippen LogP contribution in [-0.4, -0.2) is 41.0 Å². The van der Waals surface area contributed by atoms with Crippen LogP contribution in [0.4, 0.5) is 10.2 Å². The van der Waals surface area contributed by atoms with Crippen LogP contribution in [0.2, 0.25) is 5.28 Å². The third-order valence-corrected chi connectivity index (χ3v) is 3.71. The van der Waals surface area contributed by atoms with Gasteiger partial charge in [-0.25, -0.2) is 9.37 Å². The molecule has 0 unspecified atom stereocenters. The topological polar surface area (TPSA) is 41.0 Å². The first-order valence-electron chi connectivity index (χ1n) is 5.63. The Hall–Kier alpha value is -0.940. The Morgan fingerprint density at radius 2 is 2.24 bits per heavy atom. The van der Waals surface area contributed by atoms with Crippen LogP contribution < -0.4 is 5.32 Å². The third-order valence-electron chi connectivity index (χ3n) is 3.53. The van der Waals surface area contributed by atoms with Crippen LogP contribution in [0, 0.1) is 5.82 Å². The average Bonchev–Trinajstić information content (AvgIpc) is 2.21. The lowest BCUT2D eigenvalue weighted by Crippen LogP contribution is -2.54. The van der Waals surface area contributed by atoms with Crippen LogP contribution in [0.3, 0.4) is 0 Å². The van der Waals surface area contributed by atoms with Gasteiger partial charge in [-0.15, -0.1) is 0 Å². The van der Waals surface area contributed by atoms with Gasteiger partial charge in [-0.3, -0.25) is 0 Å². The number of nitrogens with zero attached hydrogens (tertiary/aromatic N) is 3. The average molecular weight is 259 g/mol. The fourth-order valence-corrected chi connectivity index (χ4v) is 2.22. The van der Waals surface area contributed by atoms with E-state index >= 15 is 0 Å². The van der Waals surface area contributed by atoms with E-state index in [0.29, 0.717) is 6.54 Å². The van der Waals surface area contributed by atoms with Crippen LogP contribution >= 0.6 is 11.6 Å². The summed E-state index contributed by atoms with van der Waals surface area (Å²) in [5.41, 5.74) is 0.115.